The van der Waals surface area contributed by atoms with Crippen molar-refractivity contribution in [2.24, 2.45) is 5.84 Å². The maximum Gasteiger partial charge on any atom is 0.224 e. The Kier molecular flexibility index (Phi) is 4.11. The number of aliphatic hydroxyl groups excluding tert-OH is 1. The lowest BCUT2D eigenvalue weighted by atomic mass is 10.2. The molecule has 1 aromatic carbocycles. The van der Waals surface area contributed by atoms with Crippen LogP contribution < -0.4 is 20.7 Å². The molecule has 2 rings (SSSR count). The molecule has 7 heteroatoms. The molecule has 0 spiro atoms. The Bertz CT molecular complexity index is 562. The van der Waals surface area contributed by atoms with Crippen molar-refractivity contribution in [1.82, 2.24) is 9.97 Å². The number of nitrogens with one attached hydrogen (secondary N) is 1. The zero-order valence-corrected chi connectivity index (χ0v) is 10.3. The molecule has 0 aliphatic carbocycles. The van der Waals surface area contributed by atoms with E-state index in [9.17, 15) is 0 Å². The molecule has 4 N–H and O–H groups in total. The van der Waals surface area contributed by atoms with Crippen molar-refractivity contribution >= 4 is 5.82 Å². The molecule has 19 heavy (non-hydrogen) atoms. The Balaban J connectivity index is 2.26. The van der Waals surface area contributed by atoms with Crippen LogP contribution >= 0.6 is 0 Å². The first-order valence-electron chi connectivity index (χ1n) is 5.51. The van der Waals surface area contributed by atoms with E-state index in [0.29, 0.717) is 23.2 Å². The SMILES string of the molecule is COc1cc(CO)ccc1Oc1cc(NN)ncn1. The Hall–Kier alpha value is -2.38. The minimum absolute atomic E-state index is 0.0641. The number of anilines is 1. The molecule has 0 aliphatic rings. The average molecular weight is 262 g/mol. The van der Waals surface area contributed by atoms with Crippen LogP contribution in [0.3, 0.4) is 0 Å². The number of nitrogens with two attached hydrogens (primary N) is 1. The van der Waals surface area contributed by atoms with Gasteiger partial charge in [0.1, 0.15) is 12.1 Å². The van der Waals surface area contributed by atoms with Crippen LogP contribution in [0.15, 0.2) is 30.6 Å². The fourth-order valence-electron chi connectivity index (χ4n) is 1.48. The second kappa shape index (κ2) is 5.98. The number of methoxy groups -OCH3 is 1. The first-order chi connectivity index (χ1) is 9.26. The molecule has 7 nitrogen and oxygen atoms in total. The first kappa shape index (κ1) is 13.1. The van der Waals surface area contributed by atoms with E-state index in [-0.39, 0.29) is 6.61 Å². The summed E-state index contributed by atoms with van der Waals surface area (Å²) in [4.78, 5) is 7.84. The maximum atomic E-state index is 9.07. The van der Waals surface area contributed by atoms with E-state index in [1.165, 1.54) is 13.4 Å². The smallest absolute Gasteiger partial charge is 0.224 e. The van der Waals surface area contributed by atoms with Crippen LogP contribution in [-0.4, -0.2) is 22.2 Å². The fourth-order valence-corrected chi connectivity index (χ4v) is 1.48. The number of ether oxygens (including phenoxy) is 2. The molecular weight excluding hydrogens is 248 g/mol. The Labute approximate surface area is 110 Å². The standard InChI is InChI=1S/C12H14N4O3/c1-18-10-4-8(6-17)2-3-9(10)19-12-5-11(16-13)14-7-15-12/h2-5,7,17H,6,13H2,1H3,(H,14,15,16). The van der Waals surface area contributed by atoms with Crippen molar-refractivity contribution in [3.05, 3.63) is 36.2 Å². The molecule has 0 saturated carbocycles. The predicted molar refractivity (Wildman–Crippen MR) is 68.8 cm³/mol. The zero-order chi connectivity index (χ0) is 13.7. The topological polar surface area (TPSA) is 103 Å². The number of aliphatic hydroxyl groups is 1. The molecular formula is C12H14N4O3. The summed E-state index contributed by atoms with van der Waals surface area (Å²) in [6.45, 7) is -0.0641. The maximum absolute atomic E-state index is 9.07. The summed E-state index contributed by atoms with van der Waals surface area (Å²) in [5, 5.41) is 9.07. The molecule has 2 aromatic rings. The van der Waals surface area contributed by atoms with E-state index >= 15 is 0 Å². The zero-order valence-electron chi connectivity index (χ0n) is 10.3. The number of nitrogens with zero attached hydrogens (tertiary/aromatic N) is 2. The Morgan fingerprint density at radius 1 is 1.26 bits per heavy atom. The van der Waals surface area contributed by atoms with Gasteiger partial charge in [-0.05, 0) is 17.7 Å². The summed E-state index contributed by atoms with van der Waals surface area (Å²) in [7, 11) is 1.52. The second-order valence-electron chi connectivity index (χ2n) is 3.63. The van der Waals surface area contributed by atoms with Gasteiger partial charge in [0.15, 0.2) is 11.5 Å². The van der Waals surface area contributed by atoms with Gasteiger partial charge in [0, 0.05) is 6.07 Å². The third-order valence-corrected chi connectivity index (χ3v) is 2.42. The normalized spacial score (nSPS) is 10.1. The number of benzene rings is 1. The molecule has 0 amide bonds. The van der Waals surface area contributed by atoms with E-state index in [0.717, 1.165) is 5.56 Å². The molecule has 0 atom stereocenters. The molecule has 0 saturated heterocycles. The highest BCUT2D eigenvalue weighted by molar-refractivity contribution is 5.45. The van der Waals surface area contributed by atoms with Crippen molar-refractivity contribution in [2.75, 3.05) is 12.5 Å². The summed E-state index contributed by atoms with van der Waals surface area (Å²) in [5.41, 5.74) is 3.14. The summed E-state index contributed by atoms with van der Waals surface area (Å²) < 4.78 is 10.8. The minimum atomic E-state index is -0.0641. The molecule has 0 unspecified atom stereocenters. The quantitative estimate of drug-likeness (QED) is 0.546. The van der Waals surface area contributed by atoms with Crippen molar-refractivity contribution in [3.8, 4) is 17.4 Å². The predicted octanol–water partition coefficient (Wildman–Crippen LogP) is 1.06. The fraction of sp³-hybridized carbons (Fsp3) is 0.167. The number of aromatic nitrogens is 2. The average Bonchev–Trinajstić information content (AvgIpc) is 2.48. The number of hydrogen-bond acceptors (Lipinski definition) is 7. The van der Waals surface area contributed by atoms with Crippen molar-refractivity contribution in [3.63, 3.8) is 0 Å². The van der Waals surface area contributed by atoms with Gasteiger partial charge in [-0.15, -0.1) is 0 Å². The molecule has 1 heterocycles. The van der Waals surface area contributed by atoms with E-state index in [1.54, 1.807) is 24.3 Å². The highest BCUT2D eigenvalue weighted by Crippen LogP contribution is 2.31. The van der Waals surface area contributed by atoms with Crippen LogP contribution in [0.25, 0.3) is 0 Å². The lowest BCUT2D eigenvalue weighted by Crippen LogP contribution is -2.08. The van der Waals surface area contributed by atoms with Crippen molar-refractivity contribution in [2.45, 2.75) is 6.61 Å². The lowest BCUT2D eigenvalue weighted by Gasteiger charge is -2.11. The first-order valence-corrected chi connectivity index (χ1v) is 5.51. The van der Waals surface area contributed by atoms with Crippen LogP contribution in [0.2, 0.25) is 0 Å². The van der Waals surface area contributed by atoms with Crippen LogP contribution in [0, 0.1) is 0 Å². The van der Waals surface area contributed by atoms with E-state index < -0.39 is 0 Å². The molecule has 0 bridgehead atoms. The number of hydrogen-bond donors (Lipinski definition) is 3. The van der Waals surface area contributed by atoms with E-state index in [4.69, 9.17) is 20.4 Å². The van der Waals surface area contributed by atoms with Gasteiger partial charge < -0.3 is 20.0 Å². The molecule has 100 valence electrons. The largest absolute Gasteiger partial charge is 0.493 e. The van der Waals surface area contributed by atoms with Gasteiger partial charge in [0.05, 0.1) is 13.7 Å². The number of hydrazine groups is 1. The van der Waals surface area contributed by atoms with Crippen LogP contribution in [0.5, 0.6) is 17.4 Å². The van der Waals surface area contributed by atoms with Crippen LogP contribution in [-0.2, 0) is 6.61 Å². The van der Waals surface area contributed by atoms with Crippen molar-refractivity contribution in [1.29, 1.82) is 0 Å². The second-order valence-corrected chi connectivity index (χ2v) is 3.63. The number of nitrogen functional groups attached to an aromatic ring is 1. The summed E-state index contributed by atoms with van der Waals surface area (Å²) in [5.74, 6) is 7.02. The summed E-state index contributed by atoms with van der Waals surface area (Å²) in [6.07, 6.45) is 1.33. The summed E-state index contributed by atoms with van der Waals surface area (Å²) in [6, 6.07) is 6.68. The van der Waals surface area contributed by atoms with Gasteiger partial charge in [-0.25, -0.2) is 15.8 Å². The minimum Gasteiger partial charge on any atom is -0.493 e. The van der Waals surface area contributed by atoms with Crippen LogP contribution in [0.1, 0.15) is 5.56 Å². The molecule has 1 aromatic heterocycles. The Morgan fingerprint density at radius 3 is 2.79 bits per heavy atom. The molecule has 0 fully saturated rings. The Morgan fingerprint density at radius 2 is 2.11 bits per heavy atom. The van der Waals surface area contributed by atoms with Gasteiger partial charge in [0.2, 0.25) is 5.88 Å². The van der Waals surface area contributed by atoms with Gasteiger partial charge in [-0.2, -0.15) is 0 Å². The van der Waals surface area contributed by atoms with Gasteiger partial charge in [-0.3, -0.25) is 0 Å². The highest BCUT2D eigenvalue weighted by atomic mass is 16.5. The summed E-state index contributed by atoms with van der Waals surface area (Å²) >= 11 is 0. The third-order valence-electron chi connectivity index (χ3n) is 2.42. The van der Waals surface area contributed by atoms with Crippen LogP contribution in [0.4, 0.5) is 5.82 Å². The number of rotatable bonds is 5. The van der Waals surface area contributed by atoms with Crippen molar-refractivity contribution < 1.29 is 14.6 Å². The highest BCUT2D eigenvalue weighted by Gasteiger charge is 2.08. The van der Waals surface area contributed by atoms with Gasteiger partial charge in [0.25, 0.3) is 0 Å². The third kappa shape index (κ3) is 3.09. The molecule has 0 aliphatic heterocycles. The van der Waals surface area contributed by atoms with E-state index in [2.05, 4.69) is 15.4 Å². The monoisotopic (exact) mass is 262 g/mol. The molecule has 0 radical (unpaired) electrons. The van der Waals surface area contributed by atoms with Gasteiger partial charge >= 0.3 is 0 Å². The van der Waals surface area contributed by atoms with E-state index in [1.807, 2.05) is 0 Å². The van der Waals surface area contributed by atoms with Gasteiger partial charge in [-0.1, -0.05) is 6.07 Å². The lowest BCUT2D eigenvalue weighted by molar-refractivity contribution is 0.280.